The molecule has 1 N–H and O–H groups in total. The molecule has 0 aliphatic heterocycles. The molecule has 1 aromatic heterocycles. The molecule has 106 valence electrons. The molecule has 0 unspecified atom stereocenters. The number of ether oxygens (including phenoxy) is 1. The van der Waals surface area contributed by atoms with Crippen LogP contribution in [-0.2, 0) is 13.0 Å². The van der Waals surface area contributed by atoms with Crippen molar-refractivity contribution < 1.29 is 4.74 Å². The molecule has 20 heavy (non-hydrogen) atoms. The summed E-state index contributed by atoms with van der Waals surface area (Å²) in [5.74, 6) is 1.63. The highest BCUT2D eigenvalue weighted by Crippen LogP contribution is 2.28. The number of benzene rings is 1. The van der Waals surface area contributed by atoms with E-state index >= 15 is 0 Å². The lowest BCUT2D eigenvalue weighted by Gasteiger charge is -2.12. The normalized spacial score (nSPS) is 10.6. The second-order valence-corrected chi connectivity index (χ2v) is 4.88. The molecule has 0 aliphatic rings. The van der Waals surface area contributed by atoms with E-state index in [1.165, 1.54) is 0 Å². The maximum Gasteiger partial charge on any atom is 0.134 e. The van der Waals surface area contributed by atoms with Crippen molar-refractivity contribution in [2.24, 2.45) is 0 Å². The van der Waals surface area contributed by atoms with Crippen molar-refractivity contribution in [1.29, 1.82) is 0 Å². The predicted molar refractivity (Wildman–Crippen MR) is 82.5 cm³/mol. The van der Waals surface area contributed by atoms with Gasteiger partial charge in [0.05, 0.1) is 0 Å². The molecular formula is C16H19ClN2O. The van der Waals surface area contributed by atoms with E-state index in [9.17, 15) is 0 Å². The van der Waals surface area contributed by atoms with E-state index in [2.05, 4.69) is 24.1 Å². The summed E-state index contributed by atoms with van der Waals surface area (Å²) in [6.45, 7) is 5.81. The Hall–Kier alpha value is -1.58. The zero-order chi connectivity index (χ0) is 14.4. The summed E-state index contributed by atoms with van der Waals surface area (Å²) in [5.41, 5.74) is 2.13. The molecule has 1 heterocycles. The van der Waals surface area contributed by atoms with Gasteiger partial charge in [0.15, 0.2) is 0 Å². The van der Waals surface area contributed by atoms with Crippen LogP contribution in [0.5, 0.6) is 11.5 Å². The molecule has 3 nitrogen and oxygen atoms in total. The molecule has 1 aromatic carbocycles. The van der Waals surface area contributed by atoms with E-state index in [1.54, 1.807) is 6.20 Å². The van der Waals surface area contributed by atoms with Crippen molar-refractivity contribution in [2.75, 3.05) is 6.54 Å². The first-order chi connectivity index (χ1) is 9.74. The van der Waals surface area contributed by atoms with Gasteiger partial charge in [0.25, 0.3) is 0 Å². The molecule has 0 bridgehead atoms. The maximum absolute atomic E-state index is 6.12. The van der Waals surface area contributed by atoms with Gasteiger partial charge in [-0.1, -0.05) is 25.4 Å². The fraction of sp³-hybridized carbons (Fsp3) is 0.312. The van der Waals surface area contributed by atoms with Crippen LogP contribution in [0.3, 0.4) is 0 Å². The van der Waals surface area contributed by atoms with Crippen molar-refractivity contribution in [3.05, 3.63) is 52.8 Å². The number of hydrogen-bond acceptors (Lipinski definition) is 3. The van der Waals surface area contributed by atoms with Gasteiger partial charge in [0.2, 0.25) is 0 Å². The Morgan fingerprint density at radius 1 is 1.20 bits per heavy atom. The van der Waals surface area contributed by atoms with Crippen LogP contribution in [0.4, 0.5) is 0 Å². The lowest BCUT2D eigenvalue weighted by molar-refractivity contribution is 0.471. The third kappa shape index (κ3) is 3.71. The summed E-state index contributed by atoms with van der Waals surface area (Å²) in [6.07, 6.45) is 4.45. The Balaban J connectivity index is 2.21. The number of aromatic nitrogens is 1. The average Bonchev–Trinajstić information content (AvgIpc) is 2.48. The SMILES string of the molecule is CCNCc1cnccc1Oc1ccc(Cl)c(CC)c1. The minimum absolute atomic E-state index is 0.744. The Labute approximate surface area is 124 Å². The molecule has 2 aromatic rings. The van der Waals surface area contributed by atoms with Crippen molar-refractivity contribution in [3.8, 4) is 11.5 Å². The molecule has 0 spiro atoms. The summed E-state index contributed by atoms with van der Waals surface area (Å²) in [6, 6.07) is 7.63. The van der Waals surface area contributed by atoms with E-state index in [4.69, 9.17) is 16.3 Å². The van der Waals surface area contributed by atoms with Gasteiger partial charge in [0.1, 0.15) is 11.5 Å². The minimum Gasteiger partial charge on any atom is -0.457 e. The summed E-state index contributed by atoms with van der Waals surface area (Å²) in [7, 11) is 0. The fourth-order valence-corrected chi connectivity index (χ4v) is 2.17. The topological polar surface area (TPSA) is 34.2 Å². The van der Waals surface area contributed by atoms with Crippen LogP contribution in [-0.4, -0.2) is 11.5 Å². The van der Waals surface area contributed by atoms with Crippen molar-refractivity contribution in [3.63, 3.8) is 0 Å². The first kappa shape index (κ1) is 14.8. The molecule has 0 radical (unpaired) electrons. The second-order valence-electron chi connectivity index (χ2n) is 4.47. The lowest BCUT2D eigenvalue weighted by Crippen LogP contribution is -2.12. The molecule has 0 atom stereocenters. The first-order valence-corrected chi connectivity index (χ1v) is 7.22. The van der Waals surface area contributed by atoms with Crippen molar-refractivity contribution in [1.82, 2.24) is 10.3 Å². The zero-order valence-electron chi connectivity index (χ0n) is 11.8. The highest BCUT2D eigenvalue weighted by Gasteiger charge is 2.06. The van der Waals surface area contributed by atoms with Crippen LogP contribution in [0.2, 0.25) is 5.02 Å². The zero-order valence-corrected chi connectivity index (χ0v) is 12.6. The molecule has 4 heteroatoms. The number of pyridine rings is 1. The molecule has 0 aliphatic carbocycles. The maximum atomic E-state index is 6.12. The van der Waals surface area contributed by atoms with Gasteiger partial charge in [0, 0.05) is 29.5 Å². The molecular weight excluding hydrogens is 272 g/mol. The van der Waals surface area contributed by atoms with Crippen LogP contribution in [0, 0.1) is 0 Å². The Morgan fingerprint density at radius 2 is 2.05 bits per heavy atom. The van der Waals surface area contributed by atoms with Crippen molar-refractivity contribution in [2.45, 2.75) is 26.8 Å². The van der Waals surface area contributed by atoms with Crippen LogP contribution in [0.1, 0.15) is 25.0 Å². The third-order valence-electron chi connectivity index (χ3n) is 3.05. The van der Waals surface area contributed by atoms with Crippen LogP contribution >= 0.6 is 11.6 Å². The van der Waals surface area contributed by atoms with Crippen LogP contribution in [0.25, 0.3) is 0 Å². The highest BCUT2D eigenvalue weighted by atomic mass is 35.5. The summed E-state index contributed by atoms with van der Waals surface area (Å²) in [4.78, 5) is 4.15. The number of nitrogens with zero attached hydrogens (tertiary/aromatic N) is 1. The van der Waals surface area contributed by atoms with E-state index in [-0.39, 0.29) is 0 Å². The highest BCUT2D eigenvalue weighted by molar-refractivity contribution is 6.31. The van der Waals surface area contributed by atoms with Gasteiger partial charge in [-0.3, -0.25) is 4.98 Å². The molecule has 0 amide bonds. The standard InChI is InChI=1S/C16H19ClN2O/c1-3-12-9-14(5-6-15(12)17)20-16-7-8-19-11-13(16)10-18-4-2/h5-9,11,18H,3-4,10H2,1-2H3. The summed E-state index contributed by atoms with van der Waals surface area (Å²) < 4.78 is 5.97. The average molecular weight is 291 g/mol. The Morgan fingerprint density at radius 3 is 2.80 bits per heavy atom. The predicted octanol–water partition coefficient (Wildman–Crippen LogP) is 4.20. The van der Waals surface area contributed by atoms with Crippen molar-refractivity contribution >= 4 is 11.6 Å². The lowest BCUT2D eigenvalue weighted by atomic mass is 10.1. The molecule has 0 saturated heterocycles. The number of nitrogens with one attached hydrogen (secondary N) is 1. The van der Waals surface area contributed by atoms with Gasteiger partial charge in [-0.15, -0.1) is 0 Å². The summed E-state index contributed by atoms with van der Waals surface area (Å²) >= 11 is 6.12. The van der Waals surface area contributed by atoms with Gasteiger partial charge in [-0.2, -0.15) is 0 Å². The van der Waals surface area contributed by atoms with E-state index in [1.807, 2.05) is 30.5 Å². The Bertz CT molecular complexity index is 572. The first-order valence-electron chi connectivity index (χ1n) is 6.84. The largest absolute Gasteiger partial charge is 0.457 e. The van der Waals surface area contributed by atoms with E-state index < -0.39 is 0 Å². The molecule has 2 rings (SSSR count). The van der Waals surface area contributed by atoms with Gasteiger partial charge < -0.3 is 10.1 Å². The molecule has 0 fully saturated rings. The van der Waals surface area contributed by atoms with Crippen LogP contribution in [0.15, 0.2) is 36.7 Å². The minimum atomic E-state index is 0.744. The van der Waals surface area contributed by atoms with Crippen LogP contribution < -0.4 is 10.1 Å². The van der Waals surface area contributed by atoms with Gasteiger partial charge in [-0.05, 0) is 42.8 Å². The number of hydrogen-bond donors (Lipinski definition) is 1. The number of halogens is 1. The summed E-state index contributed by atoms with van der Waals surface area (Å²) in [5, 5.41) is 4.06. The Kier molecular flexibility index (Phi) is 5.39. The van der Waals surface area contributed by atoms with Gasteiger partial charge in [-0.25, -0.2) is 0 Å². The fourth-order valence-electron chi connectivity index (χ4n) is 1.92. The van der Waals surface area contributed by atoms with E-state index in [0.29, 0.717) is 0 Å². The van der Waals surface area contributed by atoms with E-state index in [0.717, 1.165) is 47.2 Å². The monoisotopic (exact) mass is 290 g/mol. The number of rotatable bonds is 6. The second kappa shape index (κ2) is 7.27. The quantitative estimate of drug-likeness (QED) is 0.866. The molecule has 0 saturated carbocycles. The smallest absolute Gasteiger partial charge is 0.134 e. The third-order valence-corrected chi connectivity index (χ3v) is 3.42. The number of aryl methyl sites for hydroxylation is 1. The van der Waals surface area contributed by atoms with Gasteiger partial charge >= 0.3 is 0 Å².